The predicted molar refractivity (Wildman–Crippen MR) is 86.1 cm³/mol. The summed E-state index contributed by atoms with van der Waals surface area (Å²) in [5, 5.41) is 0. The molecule has 134 valence electrons. The van der Waals surface area contributed by atoms with Gasteiger partial charge >= 0.3 is 0 Å². The fourth-order valence-electron chi connectivity index (χ4n) is 2.23. The van der Waals surface area contributed by atoms with Gasteiger partial charge in [-0.25, -0.2) is 0 Å². The first kappa shape index (κ1) is 25.0. The molecule has 0 saturated heterocycles. The molecule has 22 heavy (non-hydrogen) atoms. The van der Waals surface area contributed by atoms with Crippen LogP contribution >= 0.6 is 7.82 Å². The molecule has 0 amide bonds. The Labute approximate surface area is 151 Å². The molecule has 0 fully saturated rings. The van der Waals surface area contributed by atoms with Gasteiger partial charge in [0.25, 0.3) is 7.82 Å². The summed E-state index contributed by atoms with van der Waals surface area (Å²) in [5.74, 6) is 0.607. The van der Waals surface area contributed by atoms with Gasteiger partial charge in [-0.1, -0.05) is 66.2 Å². The number of unbranched alkanes of at least 4 members (excludes halogenated alkanes) is 2. The summed E-state index contributed by atoms with van der Waals surface area (Å²) in [4.78, 5) is 11.8. The van der Waals surface area contributed by atoms with Gasteiger partial charge in [0, 0.05) is 21.1 Å². The van der Waals surface area contributed by atoms with Crippen LogP contribution in [0.15, 0.2) is 0 Å². The van der Waals surface area contributed by atoms with E-state index in [0.717, 1.165) is 51.4 Å². The first-order valence-electron chi connectivity index (χ1n) is 8.59. The van der Waals surface area contributed by atoms with E-state index in [1.54, 1.807) is 0 Å². The monoisotopic (exact) mass is 419 g/mol. The first-order valence-corrected chi connectivity index (χ1v) is 10.0. The van der Waals surface area contributed by atoms with E-state index in [2.05, 4.69) is 27.7 Å². The van der Waals surface area contributed by atoms with E-state index in [4.69, 9.17) is 9.05 Å². The Morgan fingerprint density at radius 2 is 1.23 bits per heavy atom. The fraction of sp³-hybridized carbons (Fsp3) is 1.00. The summed E-state index contributed by atoms with van der Waals surface area (Å²) >= 11 is 0. The number of rotatable bonds is 14. The molecule has 2 unspecified atom stereocenters. The molecule has 0 heterocycles. The third kappa shape index (κ3) is 13.3. The number of hydrogen-bond donors (Lipinski definition) is 0. The van der Waals surface area contributed by atoms with Gasteiger partial charge < -0.3 is 13.9 Å². The maximum atomic E-state index is 11.8. The smallest absolute Gasteiger partial charge is 0.267 e. The third-order valence-corrected chi connectivity index (χ3v) is 4.95. The van der Waals surface area contributed by atoms with Crippen LogP contribution in [0.3, 0.4) is 0 Å². The molecule has 0 radical (unpaired) electrons. The first-order chi connectivity index (χ1) is 9.99. The second-order valence-corrected chi connectivity index (χ2v) is 7.28. The molecule has 6 heteroatoms. The molecule has 0 aliphatic rings. The van der Waals surface area contributed by atoms with Gasteiger partial charge in [-0.05, 0) is 24.7 Å². The van der Waals surface area contributed by atoms with Crippen molar-refractivity contribution in [3.63, 3.8) is 0 Å². The molecule has 0 rings (SSSR count). The van der Waals surface area contributed by atoms with Crippen molar-refractivity contribution in [2.75, 3.05) is 13.2 Å². The van der Waals surface area contributed by atoms with Gasteiger partial charge in [-0.3, -0.25) is 4.57 Å². The van der Waals surface area contributed by atoms with Crippen LogP contribution in [0, 0.1) is 11.8 Å². The van der Waals surface area contributed by atoms with Crippen molar-refractivity contribution in [3.8, 4) is 0 Å². The van der Waals surface area contributed by atoms with Crippen molar-refractivity contribution in [1.82, 2.24) is 0 Å². The molecular formula is C16H34MoO4P-. The summed E-state index contributed by atoms with van der Waals surface area (Å²) in [6.45, 7) is 8.91. The van der Waals surface area contributed by atoms with Crippen LogP contribution in [0.2, 0.25) is 0 Å². The van der Waals surface area contributed by atoms with Crippen LogP contribution in [0.4, 0.5) is 0 Å². The molecule has 0 aromatic carbocycles. The Hall–Kier alpha value is 0.798. The molecule has 0 saturated carbocycles. The van der Waals surface area contributed by atoms with Crippen LogP contribution in [0.1, 0.15) is 79.1 Å². The van der Waals surface area contributed by atoms with E-state index < -0.39 is 7.82 Å². The van der Waals surface area contributed by atoms with Crippen molar-refractivity contribution >= 4 is 7.82 Å². The van der Waals surface area contributed by atoms with E-state index in [0.29, 0.717) is 11.8 Å². The minimum Gasteiger partial charge on any atom is -0.756 e. The molecule has 0 N–H and O–H groups in total. The molecule has 0 aromatic heterocycles. The second-order valence-electron chi connectivity index (χ2n) is 5.87. The zero-order chi connectivity index (χ0) is 16.1. The van der Waals surface area contributed by atoms with Gasteiger partial charge in [0.1, 0.15) is 0 Å². The SMILES string of the molecule is CCCCC(CC)COP(=O)([O-])OCC(CC)CCCC.[Mo]. The van der Waals surface area contributed by atoms with Gasteiger partial charge in [0.2, 0.25) is 0 Å². The zero-order valence-electron chi connectivity index (χ0n) is 14.7. The predicted octanol–water partition coefficient (Wildman–Crippen LogP) is 4.92. The minimum atomic E-state index is -4.14. The van der Waals surface area contributed by atoms with E-state index in [-0.39, 0.29) is 34.3 Å². The minimum absolute atomic E-state index is 0. The Balaban J connectivity index is 0. The van der Waals surface area contributed by atoms with Crippen LogP contribution in [0.5, 0.6) is 0 Å². The maximum Gasteiger partial charge on any atom is 0.267 e. The van der Waals surface area contributed by atoms with E-state index in [1.165, 1.54) is 0 Å². The van der Waals surface area contributed by atoms with Crippen molar-refractivity contribution in [2.24, 2.45) is 11.8 Å². The summed E-state index contributed by atoms with van der Waals surface area (Å²) in [5.41, 5.74) is 0. The van der Waals surface area contributed by atoms with Crippen LogP contribution in [-0.4, -0.2) is 13.2 Å². The Bertz CT molecular complexity index is 265. The van der Waals surface area contributed by atoms with Crippen molar-refractivity contribution < 1.29 is 39.6 Å². The summed E-state index contributed by atoms with van der Waals surface area (Å²) in [6, 6.07) is 0. The van der Waals surface area contributed by atoms with E-state index in [9.17, 15) is 9.46 Å². The molecule has 0 aliphatic heterocycles. The number of hydrogen-bond acceptors (Lipinski definition) is 4. The van der Waals surface area contributed by atoms with Gasteiger partial charge in [0.05, 0.1) is 13.2 Å². The summed E-state index contributed by atoms with van der Waals surface area (Å²) in [6.07, 6.45) is 8.38. The molecule has 4 nitrogen and oxygen atoms in total. The largest absolute Gasteiger partial charge is 0.756 e. The molecule has 0 aromatic rings. The standard InChI is InChI=1S/C16H35O4P.Mo/c1-5-9-11-15(7-3)13-19-21(17,18)20-14-16(8-4)12-10-6-2;/h15-16H,5-14H2,1-4H3,(H,17,18);/p-1. The van der Waals surface area contributed by atoms with Gasteiger partial charge in [-0.15, -0.1) is 0 Å². The fourth-order valence-corrected chi connectivity index (χ4v) is 3.09. The van der Waals surface area contributed by atoms with E-state index >= 15 is 0 Å². The van der Waals surface area contributed by atoms with Gasteiger partial charge in [0.15, 0.2) is 0 Å². The average molecular weight is 417 g/mol. The second kappa shape index (κ2) is 15.3. The zero-order valence-corrected chi connectivity index (χ0v) is 17.6. The van der Waals surface area contributed by atoms with E-state index in [1.807, 2.05) is 0 Å². The molecule has 0 aliphatic carbocycles. The Kier molecular flexibility index (Phi) is 17.5. The number of phosphoric ester groups is 1. The normalized spacial score (nSPS) is 16.6. The van der Waals surface area contributed by atoms with Crippen LogP contribution in [-0.2, 0) is 34.7 Å². The Morgan fingerprint density at radius 3 is 1.50 bits per heavy atom. The van der Waals surface area contributed by atoms with Gasteiger partial charge in [-0.2, -0.15) is 0 Å². The summed E-state index contributed by atoms with van der Waals surface area (Å²) in [7, 11) is -4.14. The quantitative estimate of drug-likeness (QED) is 0.297. The summed E-state index contributed by atoms with van der Waals surface area (Å²) < 4.78 is 21.9. The maximum absolute atomic E-state index is 11.8. The third-order valence-electron chi connectivity index (χ3n) is 4.02. The van der Waals surface area contributed by atoms with Crippen molar-refractivity contribution in [3.05, 3.63) is 0 Å². The van der Waals surface area contributed by atoms with Crippen molar-refractivity contribution in [1.29, 1.82) is 0 Å². The topological polar surface area (TPSA) is 58.6 Å². The van der Waals surface area contributed by atoms with Crippen LogP contribution < -0.4 is 4.89 Å². The molecule has 0 spiro atoms. The number of phosphoric acid groups is 1. The molecule has 2 atom stereocenters. The Morgan fingerprint density at radius 1 is 0.864 bits per heavy atom. The molecule has 0 bridgehead atoms. The molecular weight excluding hydrogens is 383 g/mol. The van der Waals surface area contributed by atoms with Crippen molar-refractivity contribution in [2.45, 2.75) is 79.1 Å². The average Bonchev–Trinajstić information content (AvgIpc) is 2.47. The van der Waals surface area contributed by atoms with Crippen LogP contribution in [0.25, 0.3) is 0 Å².